The molecule has 0 aromatic heterocycles. The molecule has 0 spiro atoms. The van der Waals surface area contributed by atoms with E-state index in [1.165, 1.54) is 24.3 Å². The topological polar surface area (TPSA) is 21.3 Å². The SMILES string of the molecule is Fc1ccc(COc2ccc3ccccc3c2CNc2ccc(F)cc2)cc1. The van der Waals surface area contributed by atoms with Gasteiger partial charge >= 0.3 is 0 Å². The van der Waals surface area contributed by atoms with Crippen LogP contribution in [0.5, 0.6) is 5.75 Å². The molecule has 4 heteroatoms. The Bertz CT molecular complexity index is 1080. The smallest absolute Gasteiger partial charge is 0.125 e. The molecule has 1 N–H and O–H groups in total. The monoisotopic (exact) mass is 375 g/mol. The van der Waals surface area contributed by atoms with Gasteiger partial charge in [-0.25, -0.2) is 8.78 Å². The van der Waals surface area contributed by atoms with E-state index < -0.39 is 0 Å². The number of hydrogen-bond acceptors (Lipinski definition) is 2. The normalized spacial score (nSPS) is 10.8. The van der Waals surface area contributed by atoms with Gasteiger partial charge in [0.1, 0.15) is 24.0 Å². The fraction of sp³-hybridized carbons (Fsp3) is 0.0833. The maximum absolute atomic E-state index is 13.1. The first-order chi connectivity index (χ1) is 13.7. The second-order valence-electron chi connectivity index (χ2n) is 6.54. The summed E-state index contributed by atoms with van der Waals surface area (Å²) in [6, 6.07) is 24.6. The average Bonchev–Trinajstić information content (AvgIpc) is 2.73. The summed E-state index contributed by atoms with van der Waals surface area (Å²) in [6.07, 6.45) is 0. The molecule has 0 saturated heterocycles. The Morgan fingerprint density at radius 3 is 2.14 bits per heavy atom. The Kier molecular flexibility index (Phi) is 5.20. The van der Waals surface area contributed by atoms with Crippen molar-refractivity contribution in [3.8, 4) is 5.75 Å². The molecule has 0 atom stereocenters. The van der Waals surface area contributed by atoms with Gasteiger partial charge in [0.15, 0.2) is 0 Å². The minimum absolute atomic E-state index is 0.265. The standard InChI is InChI=1S/C24H19F2NO/c25-19-8-5-17(6-9-19)16-28-24-14-7-18-3-1-2-4-22(18)23(24)15-27-21-12-10-20(26)11-13-21/h1-14,27H,15-16H2. The van der Waals surface area contributed by atoms with Crippen LogP contribution in [0.25, 0.3) is 10.8 Å². The molecule has 28 heavy (non-hydrogen) atoms. The number of anilines is 1. The lowest BCUT2D eigenvalue weighted by Crippen LogP contribution is -2.05. The minimum atomic E-state index is -0.265. The molecule has 4 aromatic carbocycles. The van der Waals surface area contributed by atoms with Crippen molar-refractivity contribution in [2.75, 3.05) is 5.32 Å². The molecule has 0 aliphatic heterocycles. The second kappa shape index (κ2) is 8.09. The molecule has 0 unspecified atom stereocenters. The average molecular weight is 375 g/mol. The lowest BCUT2D eigenvalue weighted by atomic mass is 10.0. The lowest BCUT2D eigenvalue weighted by Gasteiger charge is -2.16. The van der Waals surface area contributed by atoms with Crippen LogP contribution < -0.4 is 10.1 Å². The number of fused-ring (bicyclic) bond motifs is 1. The molecule has 0 saturated carbocycles. The van der Waals surface area contributed by atoms with Crippen molar-refractivity contribution in [2.24, 2.45) is 0 Å². The summed E-state index contributed by atoms with van der Waals surface area (Å²) < 4.78 is 32.3. The zero-order chi connectivity index (χ0) is 19.3. The summed E-state index contributed by atoms with van der Waals surface area (Å²) >= 11 is 0. The van der Waals surface area contributed by atoms with Crippen LogP contribution >= 0.6 is 0 Å². The molecular formula is C24H19F2NO. The molecule has 4 rings (SSSR count). The molecule has 0 radical (unpaired) electrons. The van der Waals surface area contributed by atoms with Crippen molar-refractivity contribution in [1.29, 1.82) is 0 Å². The first-order valence-corrected chi connectivity index (χ1v) is 9.06. The van der Waals surface area contributed by atoms with Crippen LogP contribution in [0.1, 0.15) is 11.1 Å². The zero-order valence-corrected chi connectivity index (χ0v) is 15.2. The van der Waals surface area contributed by atoms with Crippen molar-refractivity contribution >= 4 is 16.5 Å². The molecule has 2 nitrogen and oxygen atoms in total. The Morgan fingerprint density at radius 2 is 1.39 bits per heavy atom. The molecule has 0 aliphatic carbocycles. The number of hydrogen-bond donors (Lipinski definition) is 1. The van der Waals surface area contributed by atoms with E-state index in [1.54, 1.807) is 24.3 Å². The van der Waals surface area contributed by atoms with Gasteiger partial charge in [-0.3, -0.25) is 0 Å². The highest BCUT2D eigenvalue weighted by Gasteiger charge is 2.10. The van der Waals surface area contributed by atoms with Gasteiger partial charge in [-0.1, -0.05) is 42.5 Å². The molecule has 140 valence electrons. The van der Waals surface area contributed by atoms with Crippen LogP contribution in [0.2, 0.25) is 0 Å². The van der Waals surface area contributed by atoms with Gasteiger partial charge < -0.3 is 10.1 Å². The third-order valence-corrected chi connectivity index (χ3v) is 4.62. The molecule has 0 heterocycles. The van der Waals surface area contributed by atoms with E-state index >= 15 is 0 Å². The molecule has 0 fully saturated rings. The van der Waals surface area contributed by atoms with E-state index in [0.717, 1.165) is 33.3 Å². The third-order valence-electron chi connectivity index (χ3n) is 4.62. The van der Waals surface area contributed by atoms with Gasteiger partial charge in [0.25, 0.3) is 0 Å². The van der Waals surface area contributed by atoms with E-state index in [1.807, 2.05) is 24.3 Å². The predicted molar refractivity (Wildman–Crippen MR) is 108 cm³/mol. The number of nitrogens with one attached hydrogen (secondary N) is 1. The highest BCUT2D eigenvalue weighted by molar-refractivity contribution is 5.88. The van der Waals surface area contributed by atoms with Gasteiger partial charge in [-0.2, -0.15) is 0 Å². The Labute approximate surface area is 162 Å². The summed E-state index contributed by atoms with van der Waals surface area (Å²) in [6.45, 7) is 0.883. The van der Waals surface area contributed by atoms with Crippen LogP contribution in [0.4, 0.5) is 14.5 Å². The van der Waals surface area contributed by atoms with Crippen LogP contribution in [-0.4, -0.2) is 0 Å². The largest absolute Gasteiger partial charge is 0.489 e. The first kappa shape index (κ1) is 18.0. The molecule has 0 aliphatic rings. The van der Waals surface area contributed by atoms with Crippen molar-refractivity contribution in [2.45, 2.75) is 13.2 Å². The van der Waals surface area contributed by atoms with Gasteiger partial charge in [-0.15, -0.1) is 0 Å². The first-order valence-electron chi connectivity index (χ1n) is 9.06. The highest BCUT2D eigenvalue weighted by Crippen LogP contribution is 2.29. The van der Waals surface area contributed by atoms with E-state index in [-0.39, 0.29) is 11.6 Å². The Balaban J connectivity index is 1.60. The third kappa shape index (κ3) is 4.12. The van der Waals surface area contributed by atoms with Crippen LogP contribution in [-0.2, 0) is 13.2 Å². The maximum Gasteiger partial charge on any atom is 0.125 e. The number of rotatable bonds is 6. The van der Waals surface area contributed by atoms with E-state index in [2.05, 4.69) is 17.4 Å². The molecule has 4 aromatic rings. The zero-order valence-electron chi connectivity index (χ0n) is 15.2. The number of ether oxygens (including phenoxy) is 1. The van der Waals surface area contributed by atoms with Crippen LogP contribution in [0.3, 0.4) is 0 Å². The fourth-order valence-corrected chi connectivity index (χ4v) is 3.13. The summed E-state index contributed by atoms with van der Waals surface area (Å²) in [5.74, 6) is 0.232. The quantitative estimate of drug-likeness (QED) is 0.426. The summed E-state index contributed by atoms with van der Waals surface area (Å²) in [5, 5.41) is 5.54. The van der Waals surface area contributed by atoms with Crippen LogP contribution in [0, 0.1) is 11.6 Å². The predicted octanol–water partition coefficient (Wildman–Crippen LogP) is 6.31. The van der Waals surface area contributed by atoms with Gasteiger partial charge in [0, 0.05) is 17.8 Å². The van der Waals surface area contributed by atoms with Crippen molar-refractivity contribution in [3.63, 3.8) is 0 Å². The molecule has 0 bridgehead atoms. The lowest BCUT2D eigenvalue weighted by molar-refractivity contribution is 0.303. The maximum atomic E-state index is 13.1. The summed E-state index contributed by atoms with van der Waals surface area (Å²) in [5.41, 5.74) is 2.75. The molecular weight excluding hydrogens is 356 g/mol. The summed E-state index contributed by atoms with van der Waals surface area (Å²) in [7, 11) is 0. The summed E-state index contributed by atoms with van der Waals surface area (Å²) in [4.78, 5) is 0. The van der Waals surface area contributed by atoms with Crippen molar-refractivity contribution < 1.29 is 13.5 Å². The van der Waals surface area contributed by atoms with Gasteiger partial charge in [-0.05, 0) is 58.8 Å². The van der Waals surface area contributed by atoms with Crippen molar-refractivity contribution in [3.05, 3.63) is 108 Å². The Hall–Kier alpha value is -3.40. The number of benzene rings is 4. The van der Waals surface area contributed by atoms with Gasteiger partial charge in [0.05, 0.1) is 0 Å². The second-order valence-corrected chi connectivity index (χ2v) is 6.54. The van der Waals surface area contributed by atoms with Gasteiger partial charge in [0.2, 0.25) is 0 Å². The Morgan fingerprint density at radius 1 is 0.714 bits per heavy atom. The fourth-order valence-electron chi connectivity index (χ4n) is 3.13. The minimum Gasteiger partial charge on any atom is -0.489 e. The van der Waals surface area contributed by atoms with E-state index in [9.17, 15) is 8.78 Å². The van der Waals surface area contributed by atoms with E-state index in [4.69, 9.17) is 4.74 Å². The van der Waals surface area contributed by atoms with E-state index in [0.29, 0.717) is 13.2 Å². The number of halogens is 2. The highest BCUT2D eigenvalue weighted by atomic mass is 19.1. The molecule has 0 amide bonds. The van der Waals surface area contributed by atoms with Crippen molar-refractivity contribution in [1.82, 2.24) is 0 Å². The van der Waals surface area contributed by atoms with Crippen LogP contribution in [0.15, 0.2) is 84.9 Å².